The number of hydrogen-bond donors (Lipinski definition) is 1. The smallest absolute Gasteiger partial charge is 0.416 e. The van der Waals surface area contributed by atoms with Gasteiger partial charge in [0.2, 0.25) is 0 Å². The summed E-state index contributed by atoms with van der Waals surface area (Å²) in [7, 11) is 0. The molecule has 1 N–H and O–H groups in total. The molecule has 158 valence electrons. The van der Waals surface area contributed by atoms with Crippen molar-refractivity contribution in [3.63, 3.8) is 0 Å². The van der Waals surface area contributed by atoms with Gasteiger partial charge in [0.25, 0.3) is 5.91 Å². The number of furan rings is 1. The van der Waals surface area contributed by atoms with Gasteiger partial charge < -0.3 is 19.4 Å². The van der Waals surface area contributed by atoms with Crippen molar-refractivity contribution in [3.8, 4) is 0 Å². The Bertz CT molecular complexity index is 1100. The minimum Gasteiger partial charge on any atom is -0.451 e. The summed E-state index contributed by atoms with van der Waals surface area (Å²) >= 11 is 0. The van der Waals surface area contributed by atoms with E-state index in [0.29, 0.717) is 48.5 Å². The van der Waals surface area contributed by atoms with Crippen LogP contribution in [0.15, 0.2) is 40.8 Å². The number of ether oxygens (including phenoxy) is 1. The largest absolute Gasteiger partial charge is 0.451 e. The highest BCUT2D eigenvalue weighted by atomic mass is 19.4. The van der Waals surface area contributed by atoms with Crippen LogP contribution < -0.4 is 10.2 Å². The molecule has 0 radical (unpaired) electrons. The fourth-order valence-corrected chi connectivity index (χ4v) is 3.48. The van der Waals surface area contributed by atoms with Crippen molar-refractivity contribution in [2.75, 3.05) is 36.5 Å². The molecule has 1 amide bonds. The molecule has 2 heterocycles. The van der Waals surface area contributed by atoms with Crippen LogP contribution in [0.3, 0.4) is 0 Å². The van der Waals surface area contributed by atoms with Crippen molar-refractivity contribution in [1.82, 2.24) is 0 Å². The number of amides is 1. The molecule has 3 aromatic rings. The van der Waals surface area contributed by atoms with Gasteiger partial charge in [-0.15, -0.1) is 0 Å². The number of morpholine rings is 1. The number of alkyl halides is 3. The Morgan fingerprint density at radius 2 is 1.83 bits per heavy atom. The van der Waals surface area contributed by atoms with Gasteiger partial charge in [-0.2, -0.15) is 13.2 Å². The predicted molar refractivity (Wildman–Crippen MR) is 103 cm³/mol. The van der Waals surface area contributed by atoms with E-state index in [-0.39, 0.29) is 11.4 Å². The Hall–Kier alpha value is -3.07. The van der Waals surface area contributed by atoms with E-state index < -0.39 is 23.5 Å². The number of benzene rings is 2. The maximum Gasteiger partial charge on any atom is 0.416 e. The number of nitrogens with zero attached hydrogens (tertiary/aromatic N) is 1. The van der Waals surface area contributed by atoms with Crippen LogP contribution in [0.1, 0.15) is 21.7 Å². The van der Waals surface area contributed by atoms with Crippen molar-refractivity contribution in [1.29, 1.82) is 0 Å². The quantitative estimate of drug-likeness (QED) is 0.605. The number of hydrogen-bond acceptors (Lipinski definition) is 4. The maximum atomic E-state index is 13.5. The second-order valence-corrected chi connectivity index (χ2v) is 6.98. The van der Waals surface area contributed by atoms with E-state index in [0.717, 1.165) is 12.1 Å². The molecule has 1 aromatic heterocycles. The van der Waals surface area contributed by atoms with Gasteiger partial charge in [-0.25, -0.2) is 4.39 Å². The highest BCUT2D eigenvalue weighted by molar-refractivity contribution is 6.07. The molecule has 1 saturated heterocycles. The highest BCUT2D eigenvalue weighted by Crippen LogP contribution is 2.36. The van der Waals surface area contributed by atoms with Crippen molar-refractivity contribution in [2.45, 2.75) is 13.1 Å². The van der Waals surface area contributed by atoms with Crippen molar-refractivity contribution >= 4 is 28.3 Å². The Morgan fingerprint density at radius 1 is 1.10 bits per heavy atom. The summed E-state index contributed by atoms with van der Waals surface area (Å²) in [5.74, 6) is -1.27. The molecule has 1 aliphatic heterocycles. The van der Waals surface area contributed by atoms with Crippen LogP contribution in [0.5, 0.6) is 0 Å². The van der Waals surface area contributed by atoms with Gasteiger partial charge in [-0.3, -0.25) is 4.79 Å². The Labute approximate surface area is 169 Å². The minimum absolute atomic E-state index is 0.0164. The molecule has 5 nitrogen and oxygen atoms in total. The van der Waals surface area contributed by atoms with Crippen LogP contribution in [0.4, 0.5) is 28.9 Å². The fourth-order valence-electron chi connectivity index (χ4n) is 3.48. The molecule has 0 bridgehead atoms. The predicted octanol–water partition coefficient (Wildman–Crippen LogP) is 4.99. The number of anilines is 2. The van der Waals surface area contributed by atoms with Crippen LogP contribution in [0, 0.1) is 12.7 Å². The summed E-state index contributed by atoms with van der Waals surface area (Å²) in [6, 6.07) is 7.07. The first-order valence-electron chi connectivity index (χ1n) is 9.28. The summed E-state index contributed by atoms with van der Waals surface area (Å²) < 4.78 is 64.1. The van der Waals surface area contributed by atoms with Gasteiger partial charge >= 0.3 is 6.18 Å². The van der Waals surface area contributed by atoms with Gasteiger partial charge in [0.05, 0.1) is 30.2 Å². The van der Waals surface area contributed by atoms with Gasteiger partial charge in [0.15, 0.2) is 5.76 Å². The number of carbonyl (C=O) groups is 1. The van der Waals surface area contributed by atoms with E-state index in [4.69, 9.17) is 9.15 Å². The number of nitrogens with one attached hydrogen (secondary N) is 1. The first kappa shape index (κ1) is 20.2. The lowest BCUT2D eigenvalue weighted by Crippen LogP contribution is -2.36. The van der Waals surface area contributed by atoms with Crippen LogP contribution in [0.25, 0.3) is 11.0 Å². The first-order chi connectivity index (χ1) is 14.2. The number of aryl methyl sites for hydroxylation is 1. The average Bonchev–Trinajstić information content (AvgIpc) is 3.04. The molecule has 4 rings (SSSR count). The molecule has 1 aliphatic rings. The topological polar surface area (TPSA) is 54.7 Å². The Kier molecular flexibility index (Phi) is 5.15. The fraction of sp³-hybridized carbons (Fsp3) is 0.286. The molecule has 0 aliphatic carbocycles. The van der Waals surface area contributed by atoms with Gasteiger partial charge in [0, 0.05) is 24.0 Å². The van der Waals surface area contributed by atoms with E-state index in [1.54, 1.807) is 6.92 Å². The zero-order valence-electron chi connectivity index (χ0n) is 16.0. The molecule has 30 heavy (non-hydrogen) atoms. The molecule has 0 atom stereocenters. The molecule has 0 spiro atoms. The molecule has 2 aromatic carbocycles. The number of rotatable bonds is 3. The lowest BCUT2D eigenvalue weighted by molar-refractivity contribution is -0.137. The summed E-state index contributed by atoms with van der Waals surface area (Å²) in [5.41, 5.74) is 0.318. The second kappa shape index (κ2) is 7.64. The van der Waals surface area contributed by atoms with Gasteiger partial charge in [0.1, 0.15) is 11.4 Å². The SMILES string of the molecule is Cc1c(C(=O)Nc2cc(C(F)(F)F)ccc2N2CCOCC2)oc2ccc(F)cc12. The third-order valence-electron chi connectivity index (χ3n) is 5.03. The van der Waals surface area contributed by atoms with Crippen LogP contribution in [0.2, 0.25) is 0 Å². The number of halogens is 4. The van der Waals surface area contributed by atoms with Gasteiger partial charge in [-0.05, 0) is 43.3 Å². The third kappa shape index (κ3) is 3.85. The molecule has 9 heteroatoms. The molecular weight excluding hydrogens is 404 g/mol. The third-order valence-corrected chi connectivity index (χ3v) is 5.03. The minimum atomic E-state index is -4.56. The second-order valence-electron chi connectivity index (χ2n) is 6.98. The number of carbonyl (C=O) groups excluding carboxylic acids is 1. The van der Waals surface area contributed by atoms with Crippen molar-refractivity contribution in [3.05, 3.63) is 59.1 Å². The maximum absolute atomic E-state index is 13.5. The summed E-state index contributed by atoms with van der Waals surface area (Å²) in [6.45, 7) is 3.43. The molecular formula is C21H18F4N2O3. The van der Waals surface area contributed by atoms with Crippen molar-refractivity contribution < 1.29 is 31.5 Å². The first-order valence-corrected chi connectivity index (χ1v) is 9.28. The molecule has 0 saturated carbocycles. The van der Waals surface area contributed by atoms with Crippen LogP contribution in [-0.4, -0.2) is 32.2 Å². The normalized spacial score (nSPS) is 14.9. The van der Waals surface area contributed by atoms with E-state index in [1.807, 2.05) is 4.90 Å². The highest BCUT2D eigenvalue weighted by Gasteiger charge is 2.32. The summed E-state index contributed by atoms with van der Waals surface area (Å²) in [5, 5.41) is 2.97. The van der Waals surface area contributed by atoms with Crippen LogP contribution in [-0.2, 0) is 10.9 Å². The zero-order valence-corrected chi connectivity index (χ0v) is 16.0. The molecule has 1 fully saturated rings. The average molecular weight is 422 g/mol. The molecule has 0 unspecified atom stereocenters. The van der Waals surface area contributed by atoms with E-state index >= 15 is 0 Å². The lowest BCUT2D eigenvalue weighted by atomic mass is 10.1. The van der Waals surface area contributed by atoms with E-state index in [2.05, 4.69) is 5.32 Å². The van der Waals surface area contributed by atoms with E-state index in [9.17, 15) is 22.4 Å². The number of fused-ring (bicyclic) bond motifs is 1. The Morgan fingerprint density at radius 3 is 2.53 bits per heavy atom. The lowest BCUT2D eigenvalue weighted by Gasteiger charge is -2.31. The van der Waals surface area contributed by atoms with Gasteiger partial charge in [-0.1, -0.05) is 0 Å². The van der Waals surface area contributed by atoms with Crippen LogP contribution >= 0.6 is 0 Å². The summed E-state index contributed by atoms with van der Waals surface area (Å²) in [4.78, 5) is 14.7. The zero-order chi connectivity index (χ0) is 21.5. The monoisotopic (exact) mass is 422 g/mol. The van der Waals surface area contributed by atoms with E-state index in [1.165, 1.54) is 24.3 Å². The standard InChI is InChI=1S/C21H18F4N2O3/c1-12-15-11-14(22)3-5-18(15)30-19(12)20(28)26-16-10-13(21(23,24)25)2-4-17(16)27-6-8-29-9-7-27/h2-5,10-11H,6-9H2,1H3,(H,26,28). The Balaban J connectivity index is 1.71. The summed E-state index contributed by atoms with van der Waals surface area (Å²) in [6.07, 6.45) is -4.56. The van der Waals surface area contributed by atoms with Crippen molar-refractivity contribution in [2.24, 2.45) is 0 Å².